The van der Waals surface area contributed by atoms with Gasteiger partial charge in [0.15, 0.2) is 11.6 Å². The molecule has 2 aromatic rings. The Labute approximate surface area is 189 Å². The van der Waals surface area contributed by atoms with Gasteiger partial charge in [-0.15, -0.1) is 0 Å². The van der Waals surface area contributed by atoms with Crippen LogP contribution in [0.2, 0.25) is 0 Å². The maximum Gasteiger partial charge on any atom is 0.325 e. The Balaban J connectivity index is 1.42. The van der Waals surface area contributed by atoms with E-state index in [1.165, 1.54) is 11.9 Å². The van der Waals surface area contributed by atoms with E-state index in [1.54, 1.807) is 48.5 Å². The standard InChI is InChI=1S/C23H22N4O6/c1-24-20(29)18-12-26(15-7-3-5-9-17(15)33-18)19(28)13-27-21(30)23(25-22(27)31)10-11-32-16-8-4-2-6-14(16)23/h2-9,18H,10-13H2,1H3,(H,24,29)(H,25,31). The largest absolute Gasteiger partial charge is 0.493 e. The number of carbonyl (C=O) groups excluding carboxylic acids is 4. The summed E-state index contributed by atoms with van der Waals surface area (Å²) < 4.78 is 11.4. The highest BCUT2D eigenvalue weighted by Gasteiger charge is 2.55. The summed E-state index contributed by atoms with van der Waals surface area (Å²) in [5, 5.41) is 5.30. The highest BCUT2D eigenvalue weighted by molar-refractivity contribution is 6.11. The molecule has 5 amide bonds. The smallest absolute Gasteiger partial charge is 0.325 e. The zero-order valence-corrected chi connectivity index (χ0v) is 17.9. The van der Waals surface area contributed by atoms with E-state index in [0.29, 0.717) is 22.7 Å². The van der Waals surface area contributed by atoms with Crippen molar-refractivity contribution in [3.05, 3.63) is 54.1 Å². The van der Waals surface area contributed by atoms with Crippen LogP contribution in [0.25, 0.3) is 0 Å². The molecule has 1 fully saturated rings. The summed E-state index contributed by atoms with van der Waals surface area (Å²) in [7, 11) is 1.48. The van der Waals surface area contributed by atoms with Crippen LogP contribution >= 0.6 is 0 Å². The number of anilines is 1. The predicted octanol–water partition coefficient (Wildman–Crippen LogP) is 0.756. The van der Waals surface area contributed by atoms with Gasteiger partial charge in [0.2, 0.25) is 5.91 Å². The molecule has 2 N–H and O–H groups in total. The van der Waals surface area contributed by atoms with Crippen LogP contribution in [0.5, 0.6) is 11.5 Å². The number of urea groups is 1. The number of rotatable bonds is 3. The van der Waals surface area contributed by atoms with Gasteiger partial charge in [0.25, 0.3) is 11.8 Å². The molecule has 170 valence electrons. The average Bonchev–Trinajstić information content (AvgIpc) is 3.07. The Morgan fingerprint density at radius 2 is 1.85 bits per heavy atom. The number of benzene rings is 2. The van der Waals surface area contributed by atoms with Crippen molar-refractivity contribution in [1.29, 1.82) is 0 Å². The van der Waals surface area contributed by atoms with Crippen molar-refractivity contribution in [2.45, 2.75) is 18.1 Å². The molecular formula is C23H22N4O6. The summed E-state index contributed by atoms with van der Waals surface area (Å²) in [5.74, 6) is -0.476. The van der Waals surface area contributed by atoms with E-state index >= 15 is 0 Å². The van der Waals surface area contributed by atoms with E-state index < -0.39 is 36.0 Å². The fourth-order valence-electron chi connectivity index (χ4n) is 4.50. The van der Waals surface area contributed by atoms with Crippen LogP contribution in [-0.2, 0) is 19.9 Å². The number of fused-ring (bicyclic) bond motifs is 3. The first-order valence-corrected chi connectivity index (χ1v) is 10.6. The number of nitrogens with one attached hydrogen (secondary N) is 2. The number of carbonyl (C=O) groups is 4. The van der Waals surface area contributed by atoms with Crippen molar-refractivity contribution in [3.63, 3.8) is 0 Å². The van der Waals surface area contributed by atoms with Crippen LogP contribution < -0.4 is 25.0 Å². The first kappa shape index (κ1) is 20.8. The molecule has 3 aliphatic heterocycles. The van der Waals surface area contributed by atoms with Crippen molar-refractivity contribution >= 4 is 29.4 Å². The van der Waals surface area contributed by atoms with Gasteiger partial charge in [0, 0.05) is 19.0 Å². The van der Waals surface area contributed by atoms with Crippen molar-refractivity contribution in [1.82, 2.24) is 15.5 Å². The Hall–Kier alpha value is -4.08. The van der Waals surface area contributed by atoms with Crippen LogP contribution in [-0.4, -0.2) is 61.5 Å². The summed E-state index contributed by atoms with van der Waals surface area (Å²) in [6.45, 7) is -0.249. The molecule has 0 aromatic heterocycles. The third kappa shape index (κ3) is 3.25. The number of hydrogen-bond donors (Lipinski definition) is 2. The summed E-state index contributed by atoms with van der Waals surface area (Å²) in [4.78, 5) is 54.1. The van der Waals surface area contributed by atoms with E-state index in [9.17, 15) is 19.2 Å². The minimum absolute atomic E-state index is 0.0407. The summed E-state index contributed by atoms with van der Waals surface area (Å²) in [6, 6.07) is 13.2. The van der Waals surface area contributed by atoms with Gasteiger partial charge in [0.1, 0.15) is 18.0 Å². The van der Waals surface area contributed by atoms with Gasteiger partial charge in [-0.1, -0.05) is 30.3 Å². The normalized spacial score (nSPS) is 23.2. The Kier molecular flexibility index (Phi) is 4.92. The van der Waals surface area contributed by atoms with E-state index in [0.717, 1.165) is 4.90 Å². The second kappa shape index (κ2) is 7.80. The number of para-hydroxylation sites is 3. The van der Waals surface area contributed by atoms with Crippen molar-refractivity contribution in [3.8, 4) is 11.5 Å². The molecule has 5 rings (SSSR count). The van der Waals surface area contributed by atoms with E-state index in [4.69, 9.17) is 9.47 Å². The molecule has 2 unspecified atom stereocenters. The highest BCUT2D eigenvalue weighted by atomic mass is 16.5. The maximum absolute atomic E-state index is 13.5. The van der Waals surface area contributed by atoms with Crippen LogP contribution in [0.15, 0.2) is 48.5 Å². The van der Waals surface area contributed by atoms with Crippen LogP contribution in [0.1, 0.15) is 12.0 Å². The van der Waals surface area contributed by atoms with Crippen LogP contribution in [0.4, 0.5) is 10.5 Å². The van der Waals surface area contributed by atoms with E-state index in [-0.39, 0.29) is 25.5 Å². The Bertz CT molecular complexity index is 1170. The van der Waals surface area contributed by atoms with Crippen LogP contribution in [0, 0.1) is 0 Å². The lowest BCUT2D eigenvalue weighted by molar-refractivity contribution is -0.136. The van der Waals surface area contributed by atoms with Crippen LogP contribution in [0.3, 0.4) is 0 Å². The lowest BCUT2D eigenvalue weighted by Gasteiger charge is -2.35. The fraction of sp³-hybridized carbons (Fsp3) is 0.304. The number of likely N-dealkylation sites (N-methyl/N-ethyl adjacent to an activating group) is 1. The molecule has 1 spiro atoms. The molecule has 0 radical (unpaired) electrons. The minimum atomic E-state index is -1.26. The number of ether oxygens (including phenoxy) is 2. The van der Waals surface area contributed by atoms with Gasteiger partial charge in [-0.2, -0.15) is 0 Å². The van der Waals surface area contributed by atoms with Gasteiger partial charge in [-0.3, -0.25) is 19.3 Å². The molecule has 3 aliphatic rings. The number of hydrogen-bond acceptors (Lipinski definition) is 6. The first-order chi connectivity index (χ1) is 15.9. The molecule has 2 aromatic carbocycles. The number of imide groups is 1. The van der Waals surface area contributed by atoms with Crippen molar-refractivity contribution in [2.24, 2.45) is 0 Å². The molecule has 10 nitrogen and oxygen atoms in total. The van der Waals surface area contributed by atoms with Gasteiger partial charge < -0.3 is 25.0 Å². The molecule has 1 saturated heterocycles. The van der Waals surface area contributed by atoms with E-state index in [1.807, 2.05) is 0 Å². The molecule has 0 bridgehead atoms. The molecule has 3 heterocycles. The third-order valence-electron chi connectivity index (χ3n) is 6.16. The molecule has 33 heavy (non-hydrogen) atoms. The molecule has 0 saturated carbocycles. The fourth-order valence-corrected chi connectivity index (χ4v) is 4.50. The zero-order chi connectivity index (χ0) is 23.2. The molecule has 10 heteroatoms. The maximum atomic E-state index is 13.5. The van der Waals surface area contributed by atoms with Crippen molar-refractivity contribution < 1.29 is 28.7 Å². The molecular weight excluding hydrogens is 428 g/mol. The third-order valence-corrected chi connectivity index (χ3v) is 6.16. The Morgan fingerprint density at radius 1 is 1.12 bits per heavy atom. The summed E-state index contributed by atoms with van der Waals surface area (Å²) in [6.07, 6.45) is -0.649. The number of amides is 5. The summed E-state index contributed by atoms with van der Waals surface area (Å²) in [5.41, 5.74) is -0.221. The predicted molar refractivity (Wildman–Crippen MR) is 116 cm³/mol. The van der Waals surface area contributed by atoms with Gasteiger partial charge in [-0.25, -0.2) is 4.79 Å². The molecule has 0 aliphatic carbocycles. The zero-order valence-electron chi connectivity index (χ0n) is 17.9. The second-order valence-corrected chi connectivity index (χ2v) is 8.01. The van der Waals surface area contributed by atoms with Gasteiger partial charge in [0.05, 0.1) is 18.8 Å². The minimum Gasteiger partial charge on any atom is -0.493 e. The van der Waals surface area contributed by atoms with Gasteiger partial charge >= 0.3 is 6.03 Å². The average molecular weight is 450 g/mol. The quantitative estimate of drug-likeness (QED) is 0.667. The lowest BCUT2D eigenvalue weighted by atomic mass is 9.84. The van der Waals surface area contributed by atoms with E-state index in [2.05, 4.69) is 10.6 Å². The molecule has 2 atom stereocenters. The topological polar surface area (TPSA) is 117 Å². The number of nitrogens with zero attached hydrogens (tertiary/aromatic N) is 2. The van der Waals surface area contributed by atoms with Gasteiger partial charge in [-0.05, 0) is 18.2 Å². The highest BCUT2D eigenvalue weighted by Crippen LogP contribution is 2.41. The first-order valence-electron chi connectivity index (χ1n) is 10.6. The Morgan fingerprint density at radius 3 is 2.64 bits per heavy atom. The van der Waals surface area contributed by atoms with Crippen molar-refractivity contribution in [2.75, 3.05) is 31.6 Å². The summed E-state index contributed by atoms with van der Waals surface area (Å²) >= 11 is 0. The second-order valence-electron chi connectivity index (χ2n) is 8.01. The lowest BCUT2D eigenvalue weighted by Crippen LogP contribution is -2.53. The monoisotopic (exact) mass is 450 g/mol. The SMILES string of the molecule is CNC(=O)C1CN(C(=O)CN2C(=O)NC3(CCOc4ccccc43)C2=O)c2ccccc2O1.